The van der Waals surface area contributed by atoms with Gasteiger partial charge in [-0.05, 0) is 36.6 Å². The fraction of sp³-hybridized carbons (Fsp3) is 0.294. The van der Waals surface area contributed by atoms with Crippen molar-refractivity contribution in [1.29, 1.82) is 0 Å². The molecular weight excluding hydrogens is 313 g/mol. The van der Waals surface area contributed by atoms with Crippen molar-refractivity contribution in [1.82, 2.24) is 9.97 Å². The Morgan fingerprint density at radius 3 is 2.91 bits per heavy atom. The second-order valence-electron chi connectivity index (χ2n) is 5.57. The first kappa shape index (κ1) is 14.5. The summed E-state index contributed by atoms with van der Waals surface area (Å²) in [4.78, 5) is 9.76. The molecule has 1 atom stereocenters. The molecular formula is C17H16FN3OS. The van der Waals surface area contributed by atoms with Crippen molar-refractivity contribution in [3.63, 3.8) is 0 Å². The van der Waals surface area contributed by atoms with Crippen LogP contribution in [-0.4, -0.2) is 29.2 Å². The lowest BCUT2D eigenvalue weighted by Gasteiger charge is -2.11. The highest BCUT2D eigenvalue weighted by Crippen LogP contribution is 2.35. The fourth-order valence-corrected chi connectivity index (χ4v) is 3.83. The highest BCUT2D eigenvalue weighted by Gasteiger charge is 2.16. The van der Waals surface area contributed by atoms with Crippen molar-refractivity contribution in [2.45, 2.75) is 18.9 Å². The fourth-order valence-electron chi connectivity index (χ4n) is 2.75. The predicted octanol–water partition coefficient (Wildman–Crippen LogP) is 4.09. The molecule has 3 aromatic rings. The summed E-state index contributed by atoms with van der Waals surface area (Å²) in [5.41, 5.74) is 1.89. The van der Waals surface area contributed by atoms with Crippen LogP contribution >= 0.6 is 11.3 Å². The average Bonchev–Trinajstić information content (AvgIpc) is 3.23. The van der Waals surface area contributed by atoms with E-state index in [2.05, 4.69) is 15.3 Å². The van der Waals surface area contributed by atoms with E-state index in [0.29, 0.717) is 0 Å². The van der Waals surface area contributed by atoms with Gasteiger partial charge in [-0.3, -0.25) is 0 Å². The monoisotopic (exact) mass is 329 g/mol. The lowest BCUT2D eigenvalue weighted by molar-refractivity contribution is 0.120. The van der Waals surface area contributed by atoms with Crippen LogP contribution in [0.25, 0.3) is 20.7 Å². The van der Waals surface area contributed by atoms with Gasteiger partial charge >= 0.3 is 0 Å². The van der Waals surface area contributed by atoms with Gasteiger partial charge in [-0.2, -0.15) is 0 Å². The van der Waals surface area contributed by atoms with Crippen molar-refractivity contribution in [2.24, 2.45) is 0 Å². The average molecular weight is 329 g/mol. The van der Waals surface area contributed by atoms with Crippen molar-refractivity contribution in [3.8, 4) is 10.4 Å². The van der Waals surface area contributed by atoms with E-state index in [4.69, 9.17) is 4.74 Å². The Balaban J connectivity index is 1.62. The van der Waals surface area contributed by atoms with Gasteiger partial charge in [0.15, 0.2) is 0 Å². The van der Waals surface area contributed by atoms with E-state index in [1.807, 2.05) is 6.07 Å². The number of aromatic nitrogens is 2. The van der Waals surface area contributed by atoms with Gasteiger partial charge in [0.2, 0.25) is 0 Å². The van der Waals surface area contributed by atoms with E-state index in [1.54, 1.807) is 29.8 Å². The van der Waals surface area contributed by atoms with Crippen molar-refractivity contribution < 1.29 is 9.13 Å². The minimum atomic E-state index is -0.228. The third-order valence-electron chi connectivity index (χ3n) is 3.96. The molecule has 118 valence electrons. The Bertz CT molecular complexity index is 812. The zero-order chi connectivity index (χ0) is 15.6. The molecule has 0 bridgehead atoms. The van der Waals surface area contributed by atoms with Crippen molar-refractivity contribution in [3.05, 3.63) is 42.5 Å². The minimum absolute atomic E-state index is 0.228. The summed E-state index contributed by atoms with van der Waals surface area (Å²) >= 11 is 1.61. The SMILES string of the molecule is Fc1ccc(-c2cc3ncnc(NC[C@@H]4CCCO4)c3s2)cc1. The molecule has 4 nitrogen and oxygen atoms in total. The quantitative estimate of drug-likeness (QED) is 0.783. The Morgan fingerprint density at radius 2 is 2.13 bits per heavy atom. The number of thiophene rings is 1. The number of nitrogens with one attached hydrogen (secondary N) is 1. The number of halogens is 1. The first-order valence-electron chi connectivity index (χ1n) is 7.65. The summed E-state index contributed by atoms with van der Waals surface area (Å²) in [5.74, 6) is 0.609. The molecule has 23 heavy (non-hydrogen) atoms. The first-order valence-corrected chi connectivity index (χ1v) is 8.47. The summed E-state index contributed by atoms with van der Waals surface area (Å²) in [5, 5.41) is 3.38. The molecule has 0 radical (unpaired) electrons. The number of anilines is 1. The van der Waals surface area contributed by atoms with Gasteiger partial charge in [0.05, 0.1) is 16.3 Å². The van der Waals surface area contributed by atoms with Gasteiger partial charge in [-0.1, -0.05) is 12.1 Å². The first-order chi connectivity index (χ1) is 11.3. The predicted molar refractivity (Wildman–Crippen MR) is 90.3 cm³/mol. The molecule has 6 heteroatoms. The van der Waals surface area contributed by atoms with E-state index in [-0.39, 0.29) is 11.9 Å². The number of fused-ring (bicyclic) bond motifs is 1. The van der Waals surface area contributed by atoms with E-state index in [1.165, 1.54) is 12.1 Å². The van der Waals surface area contributed by atoms with E-state index in [0.717, 1.165) is 52.5 Å². The number of rotatable bonds is 4. The minimum Gasteiger partial charge on any atom is -0.376 e. The third-order valence-corrected chi connectivity index (χ3v) is 5.14. The van der Waals surface area contributed by atoms with Gasteiger partial charge in [-0.25, -0.2) is 14.4 Å². The summed E-state index contributed by atoms with van der Waals surface area (Å²) in [7, 11) is 0. The number of benzene rings is 1. The molecule has 0 saturated carbocycles. The summed E-state index contributed by atoms with van der Waals surface area (Å²) in [6.07, 6.45) is 4.05. The summed E-state index contributed by atoms with van der Waals surface area (Å²) < 4.78 is 19.7. The number of hydrogen-bond donors (Lipinski definition) is 1. The number of ether oxygens (including phenoxy) is 1. The second kappa shape index (κ2) is 6.22. The standard InChI is InChI=1S/C17H16FN3OS/c18-12-5-3-11(4-6-12)15-8-14-16(23-15)17(21-10-20-14)19-9-13-2-1-7-22-13/h3-6,8,10,13H,1-2,7,9H2,(H,19,20,21)/t13-/m0/s1. The van der Waals surface area contributed by atoms with Gasteiger partial charge in [0, 0.05) is 18.0 Å². The van der Waals surface area contributed by atoms with E-state index in [9.17, 15) is 4.39 Å². The van der Waals surface area contributed by atoms with Crippen LogP contribution in [0.1, 0.15) is 12.8 Å². The van der Waals surface area contributed by atoms with Crippen LogP contribution < -0.4 is 5.32 Å². The van der Waals surface area contributed by atoms with Crippen LogP contribution in [0.3, 0.4) is 0 Å². The molecule has 4 rings (SSSR count). The van der Waals surface area contributed by atoms with Crippen LogP contribution in [0.15, 0.2) is 36.7 Å². The Morgan fingerprint density at radius 1 is 1.26 bits per heavy atom. The van der Waals surface area contributed by atoms with E-state index >= 15 is 0 Å². The molecule has 1 fully saturated rings. The molecule has 2 aromatic heterocycles. The highest BCUT2D eigenvalue weighted by molar-refractivity contribution is 7.22. The zero-order valence-corrected chi connectivity index (χ0v) is 13.3. The maximum atomic E-state index is 13.1. The molecule has 0 amide bonds. The summed E-state index contributed by atoms with van der Waals surface area (Å²) in [6.45, 7) is 1.61. The molecule has 1 aliphatic rings. The van der Waals surface area contributed by atoms with Crippen LogP contribution in [0.5, 0.6) is 0 Å². The van der Waals surface area contributed by atoms with Crippen LogP contribution in [0, 0.1) is 5.82 Å². The van der Waals surface area contributed by atoms with Crippen LogP contribution in [0.4, 0.5) is 10.2 Å². The Labute approximate surface area is 137 Å². The maximum Gasteiger partial charge on any atom is 0.147 e. The largest absolute Gasteiger partial charge is 0.376 e. The smallest absolute Gasteiger partial charge is 0.147 e. The molecule has 0 spiro atoms. The van der Waals surface area contributed by atoms with Crippen LogP contribution in [-0.2, 0) is 4.74 Å². The van der Waals surface area contributed by atoms with Gasteiger partial charge < -0.3 is 10.1 Å². The number of hydrogen-bond acceptors (Lipinski definition) is 5. The zero-order valence-electron chi connectivity index (χ0n) is 12.5. The lowest BCUT2D eigenvalue weighted by atomic mass is 10.2. The topological polar surface area (TPSA) is 47.0 Å². The van der Waals surface area contributed by atoms with Gasteiger partial charge in [-0.15, -0.1) is 11.3 Å². The molecule has 0 unspecified atom stereocenters. The Hall–Kier alpha value is -2.05. The highest BCUT2D eigenvalue weighted by atomic mass is 32.1. The van der Waals surface area contributed by atoms with E-state index < -0.39 is 0 Å². The summed E-state index contributed by atoms with van der Waals surface area (Å²) in [6, 6.07) is 8.54. The third kappa shape index (κ3) is 3.04. The van der Waals surface area contributed by atoms with Gasteiger partial charge in [0.25, 0.3) is 0 Å². The molecule has 1 aromatic carbocycles. The lowest BCUT2D eigenvalue weighted by Crippen LogP contribution is -2.18. The molecule has 3 heterocycles. The van der Waals surface area contributed by atoms with Gasteiger partial charge in [0.1, 0.15) is 18.0 Å². The normalized spacial score (nSPS) is 17.7. The second-order valence-corrected chi connectivity index (χ2v) is 6.62. The number of nitrogens with zero attached hydrogens (tertiary/aromatic N) is 2. The Kier molecular flexibility index (Phi) is 3.93. The van der Waals surface area contributed by atoms with Crippen molar-refractivity contribution in [2.75, 3.05) is 18.5 Å². The van der Waals surface area contributed by atoms with Crippen LogP contribution in [0.2, 0.25) is 0 Å². The molecule has 1 N–H and O–H groups in total. The molecule has 1 aliphatic heterocycles. The maximum absolute atomic E-state index is 13.1. The molecule has 1 saturated heterocycles. The molecule has 0 aliphatic carbocycles. The van der Waals surface area contributed by atoms with Crippen molar-refractivity contribution >= 4 is 27.4 Å².